The third kappa shape index (κ3) is 2.64. The van der Waals surface area contributed by atoms with Crippen LogP contribution in [0, 0.1) is 5.92 Å². The Kier molecular flexibility index (Phi) is 4.01. The van der Waals surface area contributed by atoms with Gasteiger partial charge in [0.2, 0.25) is 11.8 Å². The number of halogens is 2. The number of carbonyl (C=O) groups is 3. The molecule has 1 aromatic rings. The highest BCUT2D eigenvalue weighted by atomic mass is 35.5. The molecule has 0 radical (unpaired) electrons. The number of hydrogen-bond acceptors (Lipinski definition) is 3. The molecule has 0 atom stereocenters. The van der Waals surface area contributed by atoms with Gasteiger partial charge < -0.3 is 5.11 Å². The van der Waals surface area contributed by atoms with Gasteiger partial charge in [-0.15, -0.1) is 0 Å². The van der Waals surface area contributed by atoms with Crippen LogP contribution in [0.15, 0.2) is 12.1 Å². The number of piperidine rings is 1. The summed E-state index contributed by atoms with van der Waals surface area (Å²) in [6.07, 6.45) is 0.341. The molecule has 0 aliphatic carbocycles. The fourth-order valence-electron chi connectivity index (χ4n) is 2.20. The number of carboxylic acid groups (broad SMARTS) is 1. The molecule has 1 aromatic carbocycles. The first-order valence-corrected chi connectivity index (χ1v) is 6.65. The summed E-state index contributed by atoms with van der Waals surface area (Å²) in [4.78, 5) is 36.2. The quantitative estimate of drug-likeness (QED) is 0.851. The van der Waals surface area contributed by atoms with E-state index in [-0.39, 0.29) is 40.1 Å². The standard InChI is InChI=1S/C13H11Cl2NO4/c1-6-2-10(17)16(11(18)3-6)12-8(13(19)20)4-7(14)5-9(12)15/h4-6H,2-3H2,1H3,(H,19,20). The van der Waals surface area contributed by atoms with Gasteiger partial charge in [-0.3, -0.25) is 9.59 Å². The molecular formula is C13H11Cl2NO4. The van der Waals surface area contributed by atoms with E-state index in [2.05, 4.69) is 0 Å². The molecule has 0 unspecified atom stereocenters. The van der Waals surface area contributed by atoms with E-state index in [1.807, 2.05) is 0 Å². The van der Waals surface area contributed by atoms with Crippen molar-refractivity contribution in [2.24, 2.45) is 5.92 Å². The van der Waals surface area contributed by atoms with Gasteiger partial charge in [0.1, 0.15) is 0 Å². The van der Waals surface area contributed by atoms with E-state index in [1.54, 1.807) is 6.92 Å². The summed E-state index contributed by atoms with van der Waals surface area (Å²) in [5.74, 6) is -2.28. The summed E-state index contributed by atoms with van der Waals surface area (Å²) < 4.78 is 0. The summed E-state index contributed by atoms with van der Waals surface area (Å²) in [5.41, 5.74) is -0.371. The van der Waals surface area contributed by atoms with Crippen LogP contribution in [0.4, 0.5) is 5.69 Å². The molecule has 0 saturated carbocycles. The first-order valence-electron chi connectivity index (χ1n) is 5.89. The summed E-state index contributed by atoms with van der Waals surface area (Å²) in [6, 6.07) is 2.48. The fourth-order valence-corrected chi connectivity index (χ4v) is 2.77. The number of aromatic carboxylic acids is 1. The molecule has 5 nitrogen and oxygen atoms in total. The molecule has 1 saturated heterocycles. The van der Waals surface area contributed by atoms with Crippen LogP contribution in [-0.4, -0.2) is 22.9 Å². The predicted molar refractivity (Wildman–Crippen MR) is 74.3 cm³/mol. The Hall–Kier alpha value is -1.59. The van der Waals surface area contributed by atoms with Crippen LogP contribution in [0.3, 0.4) is 0 Å². The van der Waals surface area contributed by atoms with E-state index in [4.69, 9.17) is 23.2 Å². The van der Waals surface area contributed by atoms with Crippen molar-refractivity contribution in [1.82, 2.24) is 0 Å². The predicted octanol–water partition coefficient (Wildman–Crippen LogP) is 2.98. The number of amides is 2. The van der Waals surface area contributed by atoms with Crippen molar-refractivity contribution >= 4 is 46.7 Å². The van der Waals surface area contributed by atoms with Gasteiger partial charge in [0, 0.05) is 17.9 Å². The normalized spacial score (nSPS) is 16.6. The van der Waals surface area contributed by atoms with Crippen molar-refractivity contribution in [2.75, 3.05) is 4.90 Å². The molecular weight excluding hydrogens is 305 g/mol. The van der Waals surface area contributed by atoms with Gasteiger partial charge in [-0.25, -0.2) is 9.69 Å². The highest BCUT2D eigenvalue weighted by Gasteiger charge is 2.35. The number of nitrogens with zero attached hydrogens (tertiary/aromatic N) is 1. The second kappa shape index (κ2) is 5.42. The van der Waals surface area contributed by atoms with E-state index in [0.717, 1.165) is 4.90 Å². The van der Waals surface area contributed by atoms with Crippen LogP contribution in [0.1, 0.15) is 30.1 Å². The van der Waals surface area contributed by atoms with Crippen molar-refractivity contribution in [3.8, 4) is 0 Å². The van der Waals surface area contributed by atoms with Crippen molar-refractivity contribution < 1.29 is 19.5 Å². The zero-order valence-electron chi connectivity index (χ0n) is 10.5. The Balaban J connectivity index is 2.60. The van der Waals surface area contributed by atoms with E-state index in [1.165, 1.54) is 12.1 Å². The molecule has 2 rings (SSSR count). The van der Waals surface area contributed by atoms with E-state index < -0.39 is 17.8 Å². The van der Waals surface area contributed by atoms with Crippen molar-refractivity contribution in [1.29, 1.82) is 0 Å². The highest BCUT2D eigenvalue weighted by molar-refractivity contribution is 6.39. The Bertz CT molecular complexity index is 597. The Morgan fingerprint density at radius 2 is 1.80 bits per heavy atom. The largest absolute Gasteiger partial charge is 0.478 e. The molecule has 0 aromatic heterocycles. The fraction of sp³-hybridized carbons (Fsp3) is 0.308. The summed E-state index contributed by atoms with van der Waals surface area (Å²) >= 11 is 11.8. The third-order valence-corrected chi connectivity index (χ3v) is 3.53. The molecule has 2 amide bonds. The Morgan fingerprint density at radius 3 is 2.30 bits per heavy atom. The smallest absolute Gasteiger partial charge is 0.337 e. The van der Waals surface area contributed by atoms with Crippen molar-refractivity contribution in [3.63, 3.8) is 0 Å². The zero-order chi connectivity index (χ0) is 15.0. The van der Waals surface area contributed by atoms with Gasteiger partial charge >= 0.3 is 5.97 Å². The van der Waals surface area contributed by atoms with Gasteiger partial charge in [0.15, 0.2) is 0 Å². The molecule has 0 bridgehead atoms. The van der Waals surface area contributed by atoms with E-state index >= 15 is 0 Å². The van der Waals surface area contributed by atoms with Gasteiger partial charge in [-0.05, 0) is 18.1 Å². The van der Waals surface area contributed by atoms with Crippen molar-refractivity contribution in [3.05, 3.63) is 27.7 Å². The maximum absolute atomic E-state index is 12.0. The number of carboxylic acids is 1. The first-order chi connectivity index (χ1) is 9.31. The summed E-state index contributed by atoms with van der Waals surface area (Å²) in [7, 11) is 0. The molecule has 20 heavy (non-hydrogen) atoms. The molecule has 0 spiro atoms. The number of imide groups is 1. The second-order valence-corrected chi connectivity index (χ2v) is 5.57. The molecule has 1 fully saturated rings. The number of hydrogen-bond donors (Lipinski definition) is 1. The number of benzene rings is 1. The van der Waals surface area contributed by atoms with Crippen LogP contribution in [-0.2, 0) is 9.59 Å². The molecule has 7 heteroatoms. The van der Waals surface area contributed by atoms with E-state index in [9.17, 15) is 19.5 Å². The third-order valence-electron chi connectivity index (χ3n) is 3.03. The Morgan fingerprint density at radius 1 is 1.25 bits per heavy atom. The van der Waals surface area contributed by atoms with Gasteiger partial charge in [0.05, 0.1) is 16.3 Å². The molecule has 1 heterocycles. The lowest BCUT2D eigenvalue weighted by Gasteiger charge is -2.29. The number of anilines is 1. The van der Waals surface area contributed by atoms with Crippen LogP contribution >= 0.6 is 23.2 Å². The SMILES string of the molecule is CC1CC(=O)N(c2c(Cl)cc(Cl)cc2C(=O)O)C(=O)C1. The highest BCUT2D eigenvalue weighted by Crippen LogP contribution is 2.36. The maximum Gasteiger partial charge on any atom is 0.337 e. The second-order valence-electron chi connectivity index (χ2n) is 4.73. The molecule has 1 aliphatic rings. The van der Waals surface area contributed by atoms with Crippen LogP contribution in [0.25, 0.3) is 0 Å². The monoisotopic (exact) mass is 315 g/mol. The average Bonchev–Trinajstić information content (AvgIpc) is 2.29. The van der Waals surface area contributed by atoms with Crippen LogP contribution in [0.5, 0.6) is 0 Å². The number of rotatable bonds is 2. The lowest BCUT2D eigenvalue weighted by atomic mass is 9.96. The zero-order valence-corrected chi connectivity index (χ0v) is 12.0. The average molecular weight is 316 g/mol. The summed E-state index contributed by atoms with van der Waals surface area (Å²) in [5, 5.41) is 9.29. The van der Waals surface area contributed by atoms with Crippen LogP contribution in [0.2, 0.25) is 10.0 Å². The summed E-state index contributed by atoms with van der Waals surface area (Å²) in [6.45, 7) is 1.79. The van der Waals surface area contributed by atoms with Gasteiger partial charge in [-0.1, -0.05) is 30.1 Å². The minimum Gasteiger partial charge on any atom is -0.478 e. The minimum absolute atomic E-state index is 0.0360. The first kappa shape index (κ1) is 14.8. The van der Waals surface area contributed by atoms with E-state index in [0.29, 0.717) is 0 Å². The lowest BCUT2D eigenvalue weighted by Crippen LogP contribution is -2.43. The molecule has 106 valence electrons. The Labute approximate surface area is 125 Å². The van der Waals surface area contributed by atoms with Crippen molar-refractivity contribution in [2.45, 2.75) is 19.8 Å². The maximum atomic E-state index is 12.0. The van der Waals surface area contributed by atoms with Crippen LogP contribution < -0.4 is 4.90 Å². The number of carbonyl (C=O) groups excluding carboxylic acids is 2. The molecule has 1 N–H and O–H groups in total. The van der Waals surface area contributed by atoms with Gasteiger partial charge in [-0.2, -0.15) is 0 Å². The minimum atomic E-state index is -1.30. The lowest BCUT2D eigenvalue weighted by molar-refractivity contribution is -0.130. The molecule has 1 aliphatic heterocycles. The van der Waals surface area contributed by atoms with Gasteiger partial charge in [0.25, 0.3) is 0 Å². The topological polar surface area (TPSA) is 74.7 Å².